The normalized spacial score (nSPS) is 12.9. The van der Waals surface area contributed by atoms with Gasteiger partial charge in [-0.3, -0.25) is 0 Å². The van der Waals surface area contributed by atoms with Crippen molar-refractivity contribution >= 4 is 38.9 Å². The lowest BCUT2D eigenvalue weighted by Crippen LogP contribution is -2.25. The molecule has 0 fully saturated rings. The number of anilines is 3. The summed E-state index contributed by atoms with van der Waals surface area (Å²) in [5.74, 6) is 0. The molecular formula is C61H40N2. The Morgan fingerprint density at radius 3 is 1.46 bits per heavy atom. The molecule has 2 aliphatic carbocycles. The van der Waals surface area contributed by atoms with Crippen LogP contribution in [0.5, 0.6) is 0 Å². The van der Waals surface area contributed by atoms with Gasteiger partial charge in [0.25, 0.3) is 0 Å². The molecule has 1 spiro atoms. The average Bonchev–Trinajstić information content (AvgIpc) is 3.97. The summed E-state index contributed by atoms with van der Waals surface area (Å²) in [7, 11) is 0. The van der Waals surface area contributed by atoms with E-state index in [2.05, 4.69) is 252 Å². The first kappa shape index (κ1) is 35.5. The number of benzene rings is 10. The van der Waals surface area contributed by atoms with Gasteiger partial charge in [-0.1, -0.05) is 176 Å². The molecule has 0 atom stereocenters. The average molecular weight is 801 g/mol. The number of hydrogen-bond donors (Lipinski definition) is 0. The van der Waals surface area contributed by atoms with Crippen LogP contribution in [0, 0.1) is 0 Å². The SMILES string of the molecule is c1ccc(N(c2ccc(-c3ccc4c(c3)c3ccccc3n4-c3ccccc3)cc2)c2ccc(-c3cccc4c3-c3ccccc3C43c4ccccc4-c4ccccc43)cc2)cc1. The van der Waals surface area contributed by atoms with Crippen molar-refractivity contribution in [3.63, 3.8) is 0 Å². The van der Waals surface area contributed by atoms with Crippen LogP contribution in [-0.2, 0) is 5.41 Å². The highest BCUT2D eigenvalue weighted by Gasteiger charge is 2.51. The first-order valence-electron chi connectivity index (χ1n) is 21.8. The highest BCUT2D eigenvalue weighted by molar-refractivity contribution is 6.10. The Morgan fingerprint density at radius 1 is 0.302 bits per heavy atom. The minimum Gasteiger partial charge on any atom is -0.311 e. The van der Waals surface area contributed by atoms with Crippen molar-refractivity contribution in [1.82, 2.24) is 4.57 Å². The topological polar surface area (TPSA) is 8.17 Å². The zero-order chi connectivity index (χ0) is 41.5. The van der Waals surface area contributed by atoms with Gasteiger partial charge in [0, 0.05) is 33.5 Å². The van der Waals surface area contributed by atoms with Crippen LogP contribution < -0.4 is 4.90 Å². The molecular weight excluding hydrogens is 761 g/mol. The lowest BCUT2D eigenvalue weighted by atomic mass is 9.70. The molecule has 0 radical (unpaired) electrons. The third-order valence-electron chi connectivity index (χ3n) is 13.6. The van der Waals surface area contributed by atoms with E-state index < -0.39 is 0 Å². The number of rotatable bonds is 6. The molecule has 13 rings (SSSR count). The Bertz CT molecular complexity index is 3500. The Labute approximate surface area is 367 Å². The van der Waals surface area contributed by atoms with E-state index in [-0.39, 0.29) is 5.41 Å². The monoisotopic (exact) mass is 800 g/mol. The molecule has 2 aliphatic rings. The zero-order valence-electron chi connectivity index (χ0n) is 34.5. The first-order chi connectivity index (χ1) is 31.3. The summed E-state index contributed by atoms with van der Waals surface area (Å²) in [4.78, 5) is 2.36. The molecule has 0 saturated heterocycles. The fourth-order valence-electron chi connectivity index (χ4n) is 11.0. The second-order valence-corrected chi connectivity index (χ2v) is 16.8. The summed E-state index contributed by atoms with van der Waals surface area (Å²) in [6.07, 6.45) is 0. The summed E-state index contributed by atoms with van der Waals surface area (Å²) < 4.78 is 2.37. The van der Waals surface area contributed by atoms with Gasteiger partial charge in [-0.2, -0.15) is 0 Å². The molecule has 0 unspecified atom stereocenters. The molecule has 2 heteroatoms. The smallest absolute Gasteiger partial charge is 0.0725 e. The maximum absolute atomic E-state index is 2.37. The van der Waals surface area contributed by atoms with E-state index in [9.17, 15) is 0 Å². The minimum atomic E-state index is -0.363. The number of fused-ring (bicyclic) bond motifs is 13. The number of para-hydroxylation sites is 3. The molecule has 0 saturated carbocycles. The molecule has 11 aromatic rings. The van der Waals surface area contributed by atoms with Gasteiger partial charge in [0.15, 0.2) is 0 Å². The highest BCUT2D eigenvalue weighted by atomic mass is 15.1. The van der Waals surface area contributed by atoms with Crippen molar-refractivity contribution in [3.8, 4) is 50.2 Å². The lowest BCUT2D eigenvalue weighted by Gasteiger charge is -2.30. The fraction of sp³-hybridized carbons (Fsp3) is 0.0164. The van der Waals surface area contributed by atoms with E-state index >= 15 is 0 Å². The number of hydrogen-bond acceptors (Lipinski definition) is 1. The minimum absolute atomic E-state index is 0.363. The summed E-state index contributed by atoms with van der Waals surface area (Å²) in [5, 5.41) is 2.51. The van der Waals surface area contributed by atoms with Crippen LogP contribution in [0.25, 0.3) is 72.0 Å². The third-order valence-corrected chi connectivity index (χ3v) is 13.6. The van der Waals surface area contributed by atoms with E-state index in [1.807, 2.05) is 0 Å². The second-order valence-electron chi connectivity index (χ2n) is 16.8. The molecule has 10 aromatic carbocycles. The van der Waals surface area contributed by atoms with Gasteiger partial charge in [0.1, 0.15) is 0 Å². The van der Waals surface area contributed by atoms with Crippen molar-refractivity contribution in [2.75, 3.05) is 4.90 Å². The number of nitrogens with zero attached hydrogens (tertiary/aromatic N) is 2. The van der Waals surface area contributed by atoms with Crippen molar-refractivity contribution in [1.29, 1.82) is 0 Å². The molecule has 0 amide bonds. The van der Waals surface area contributed by atoms with E-state index in [1.165, 1.54) is 94.3 Å². The van der Waals surface area contributed by atoms with Crippen molar-refractivity contribution in [2.24, 2.45) is 0 Å². The van der Waals surface area contributed by atoms with Gasteiger partial charge in [-0.05, 0) is 133 Å². The van der Waals surface area contributed by atoms with Gasteiger partial charge in [-0.15, -0.1) is 0 Å². The van der Waals surface area contributed by atoms with Gasteiger partial charge in [0.05, 0.1) is 16.4 Å². The van der Waals surface area contributed by atoms with Gasteiger partial charge >= 0.3 is 0 Å². The van der Waals surface area contributed by atoms with Crippen LogP contribution in [0.15, 0.2) is 243 Å². The molecule has 1 heterocycles. The lowest BCUT2D eigenvalue weighted by molar-refractivity contribution is 0.794. The summed E-state index contributed by atoms with van der Waals surface area (Å²) in [6, 6.07) is 89.2. The van der Waals surface area contributed by atoms with E-state index in [0.29, 0.717) is 0 Å². The molecule has 294 valence electrons. The van der Waals surface area contributed by atoms with Crippen molar-refractivity contribution < 1.29 is 0 Å². The second kappa shape index (κ2) is 13.9. The zero-order valence-corrected chi connectivity index (χ0v) is 34.5. The van der Waals surface area contributed by atoms with Crippen molar-refractivity contribution in [3.05, 3.63) is 265 Å². The molecule has 0 bridgehead atoms. The van der Waals surface area contributed by atoms with Crippen LogP contribution in [0.4, 0.5) is 17.1 Å². The summed E-state index contributed by atoms with van der Waals surface area (Å²) in [5.41, 5.74) is 22.1. The Hall–Kier alpha value is -8.20. The first-order valence-corrected chi connectivity index (χ1v) is 21.8. The van der Waals surface area contributed by atoms with E-state index in [0.717, 1.165) is 17.1 Å². The standard InChI is InChI=1S/C61H40N2/c1-3-16-44(17-4-1)62(46-35-30-41(31-36-46)43-34-39-59-53(40-43)51-22-10-14-29-58(51)63(59)45-18-5-2-6-19-45)47-37-32-42(33-38-47)48-24-15-28-57-60(48)52-23-9-13-27-56(52)61(57)54-25-11-7-20-49(54)50-21-8-12-26-55(50)61/h1-40H. The highest BCUT2D eigenvalue weighted by Crippen LogP contribution is 2.64. The van der Waals surface area contributed by atoms with Gasteiger partial charge < -0.3 is 9.47 Å². The summed E-state index contributed by atoms with van der Waals surface area (Å²) >= 11 is 0. The third kappa shape index (κ3) is 5.19. The predicted octanol–water partition coefficient (Wildman–Crippen LogP) is 15.9. The number of aromatic nitrogens is 1. The van der Waals surface area contributed by atoms with E-state index in [1.54, 1.807) is 0 Å². The molecule has 0 aliphatic heterocycles. The van der Waals surface area contributed by atoms with Crippen LogP contribution >= 0.6 is 0 Å². The quantitative estimate of drug-likeness (QED) is 0.163. The Balaban J connectivity index is 0.889. The maximum Gasteiger partial charge on any atom is 0.0725 e. The molecule has 0 N–H and O–H groups in total. The summed E-state index contributed by atoms with van der Waals surface area (Å²) in [6.45, 7) is 0. The fourth-order valence-corrected chi connectivity index (χ4v) is 11.0. The predicted molar refractivity (Wildman–Crippen MR) is 263 cm³/mol. The Kier molecular flexibility index (Phi) is 7.85. The largest absolute Gasteiger partial charge is 0.311 e. The van der Waals surface area contributed by atoms with Crippen LogP contribution in [0.2, 0.25) is 0 Å². The van der Waals surface area contributed by atoms with Gasteiger partial charge in [0.2, 0.25) is 0 Å². The van der Waals surface area contributed by atoms with Crippen LogP contribution in [0.3, 0.4) is 0 Å². The van der Waals surface area contributed by atoms with Gasteiger partial charge in [-0.25, -0.2) is 0 Å². The molecule has 63 heavy (non-hydrogen) atoms. The van der Waals surface area contributed by atoms with Crippen LogP contribution in [0.1, 0.15) is 22.3 Å². The Morgan fingerprint density at radius 2 is 0.778 bits per heavy atom. The van der Waals surface area contributed by atoms with E-state index in [4.69, 9.17) is 0 Å². The van der Waals surface area contributed by atoms with Crippen LogP contribution in [-0.4, -0.2) is 4.57 Å². The molecule has 2 nitrogen and oxygen atoms in total. The van der Waals surface area contributed by atoms with Crippen molar-refractivity contribution in [2.45, 2.75) is 5.41 Å². The maximum atomic E-state index is 2.37. The molecule has 1 aromatic heterocycles.